The second kappa shape index (κ2) is 6.64. The fourth-order valence-electron chi connectivity index (χ4n) is 3.04. The number of benzene rings is 2. The van der Waals surface area contributed by atoms with Crippen LogP contribution in [0.1, 0.15) is 12.5 Å². The molecule has 6 heteroatoms. The Hall–Kier alpha value is -2.73. The minimum absolute atomic E-state index is 0.440. The van der Waals surface area contributed by atoms with E-state index in [2.05, 4.69) is 14.9 Å². The van der Waals surface area contributed by atoms with Crippen LogP contribution in [0.5, 0.6) is 11.5 Å². The van der Waals surface area contributed by atoms with Crippen LogP contribution in [0.15, 0.2) is 42.5 Å². The first-order chi connectivity index (χ1) is 12.2. The van der Waals surface area contributed by atoms with Crippen LogP contribution in [0, 0.1) is 0 Å². The molecule has 25 heavy (non-hydrogen) atoms. The van der Waals surface area contributed by atoms with Crippen molar-refractivity contribution in [1.82, 2.24) is 9.55 Å². The molecule has 0 spiro atoms. The molecule has 0 radical (unpaired) electrons. The number of rotatable bonds is 5. The van der Waals surface area contributed by atoms with E-state index < -0.39 is 6.10 Å². The minimum atomic E-state index is -0.450. The zero-order valence-corrected chi connectivity index (χ0v) is 14.1. The number of aromatic nitrogens is 2. The van der Waals surface area contributed by atoms with Crippen LogP contribution in [-0.4, -0.2) is 40.5 Å². The summed E-state index contributed by atoms with van der Waals surface area (Å²) in [5.74, 6) is 2.32. The van der Waals surface area contributed by atoms with E-state index in [0.29, 0.717) is 26.3 Å². The second-order valence-corrected chi connectivity index (χ2v) is 6.18. The quantitative estimate of drug-likeness (QED) is 0.748. The summed E-state index contributed by atoms with van der Waals surface area (Å²) < 4.78 is 13.6. The Kier molecular flexibility index (Phi) is 4.19. The summed E-state index contributed by atoms with van der Waals surface area (Å²) in [5.41, 5.74) is 2.99. The van der Waals surface area contributed by atoms with E-state index in [0.717, 1.165) is 34.0 Å². The molecule has 2 heterocycles. The number of para-hydroxylation sites is 3. The molecule has 0 fully saturated rings. The zero-order valence-electron chi connectivity index (χ0n) is 14.1. The molecule has 1 aliphatic heterocycles. The lowest BCUT2D eigenvalue weighted by Crippen LogP contribution is -2.19. The molecule has 0 amide bonds. The van der Waals surface area contributed by atoms with Crippen molar-refractivity contribution in [1.29, 1.82) is 0 Å². The van der Waals surface area contributed by atoms with E-state index in [1.165, 1.54) is 0 Å². The van der Waals surface area contributed by atoms with Gasteiger partial charge in [0.2, 0.25) is 5.95 Å². The van der Waals surface area contributed by atoms with E-state index in [1.54, 1.807) is 6.92 Å². The van der Waals surface area contributed by atoms with Gasteiger partial charge in [0.15, 0.2) is 11.5 Å². The van der Waals surface area contributed by atoms with Gasteiger partial charge in [0.05, 0.1) is 23.7 Å². The highest BCUT2D eigenvalue weighted by Crippen LogP contribution is 2.35. The molecular weight excluding hydrogens is 318 g/mol. The van der Waals surface area contributed by atoms with Gasteiger partial charge in [-0.3, -0.25) is 0 Å². The van der Waals surface area contributed by atoms with Crippen LogP contribution >= 0.6 is 0 Å². The average molecular weight is 339 g/mol. The molecule has 1 unspecified atom stereocenters. The Balaban J connectivity index is 1.74. The van der Waals surface area contributed by atoms with Gasteiger partial charge in [-0.1, -0.05) is 24.3 Å². The number of imidazole rings is 1. The molecule has 0 saturated carbocycles. The number of aliphatic hydroxyl groups is 1. The lowest BCUT2D eigenvalue weighted by atomic mass is 10.1. The van der Waals surface area contributed by atoms with Crippen LogP contribution in [-0.2, 0) is 6.54 Å². The largest absolute Gasteiger partial charge is 0.486 e. The third-order valence-electron chi connectivity index (χ3n) is 4.19. The summed E-state index contributed by atoms with van der Waals surface area (Å²) in [4.78, 5) is 4.66. The SMILES string of the molecule is CC(O)CNc1nc2ccccc2n1Cc1cccc2c1OCCO2. The lowest BCUT2D eigenvalue weighted by molar-refractivity contribution is 0.170. The van der Waals surface area contributed by atoms with Crippen molar-refractivity contribution in [2.75, 3.05) is 25.1 Å². The molecule has 2 N–H and O–H groups in total. The van der Waals surface area contributed by atoms with Gasteiger partial charge in [-0.05, 0) is 25.1 Å². The maximum Gasteiger partial charge on any atom is 0.204 e. The van der Waals surface area contributed by atoms with Crippen molar-refractivity contribution < 1.29 is 14.6 Å². The fraction of sp³-hybridized carbons (Fsp3) is 0.316. The summed E-state index contributed by atoms with van der Waals surface area (Å²) in [6.07, 6.45) is -0.450. The number of ether oxygens (including phenoxy) is 2. The summed E-state index contributed by atoms with van der Waals surface area (Å²) in [6, 6.07) is 13.9. The summed E-state index contributed by atoms with van der Waals surface area (Å²) in [6.45, 7) is 3.93. The van der Waals surface area contributed by atoms with Crippen LogP contribution in [0.4, 0.5) is 5.95 Å². The molecule has 0 saturated heterocycles. The smallest absolute Gasteiger partial charge is 0.204 e. The Bertz CT molecular complexity index is 889. The van der Waals surface area contributed by atoms with Crippen molar-refractivity contribution in [3.05, 3.63) is 48.0 Å². The summed E-state index contributed by atoms with van der Waals surface area (Å²) >= 11 is 0. The third-order valence-corrected chi connectivity index (χ3v) is 4.19. The van der Waals surface area contributed by atoms with E-state index in [1.807, 2.05) is 42.5 Å². The van der Waals surface area contributed by atoms with Crippen LogP contribution in [0.25, 0.3) is 11.0 Å². The van der Waals surface area contributed by atoms with Gasteiger partial charge in [0, 0.05) is 12.1 Å². The van der Waals surface area contributed by atoms with Crippen LogP contribution in [0.2, 0.25) is 0 Å². The number of nitrogens with zero attached hydrogens (tertiary/aromatic N) is 2. The summed E-state index contributed by atoms with van der Waals surface area (Å²) in [5, 5.41) is 12.8. The second-order valence-electron chi connectivity index (χ2n) is 6.18. The normalized spacial score (nSPS) is 14.5. The molecule has 130 valence electrons. The first-order valence-electron chi connectivity index (χ1n) is 8.47. The molecule has 0 aliphatic carbocycles. The lowest BCUT2D eigenvalue weighted by Gasteiger charge is -2.21. The van der Waals surface area contributed by atoms with Crippen molar-refractivity contribution >= 4 is 17.0 Å². The van der Waals surface area contributed by atoms with E-state index >= 15 is 0 Å². The van der Waals surface area contributed by atoms with Crippen LogP contribution < -0.4 is 14.8 Å². The highest BCUT2D eigenvalue weighted by atomic mass is 16.6. The molecule has 2 aromatic carbocycles. The number of anilines is 1. The van der Waals surface area contributed by atoms with E-state index in [9.17, 15) is 5.11 Å². The number of fused-ring (bicyclic) bond motifs is 2. The molecule has 4 rings (SSSR count). The number of nitrogens with one attached hydrogen (secondary N) is 1. The first-order valence-corrected chi connectivity index (χ1v) is 8.47. The number of aliphatic hydroxyl groups excluding tert-OH is 1. The van der Waals surface area contributed by atoms with Crippen molar-refractivity contribution in [2.45, 2.75) is 19.6 Å². The monoisotopic (exact) mass is 339 g/mol. The van der Waals surface area contributed by atoms with Crippen molar-refractivity contribution in [3.8, 4) is 11.5 Å². The van der Waals surface area contributed by atoms with Crippen LogP contribution in [0.3, 0.4) is 0 Å². The molecule has 1 aromatic heterocycles. The minimum Gasteiger partial charge on any atom is -0.486 e. The Labute approximate surface area is 146 Å². The van der Waals surface area contributed by atoms with Gasteiger partial charge in [0.25, 0.3) is 0 Å². The molecule has 1 aliphatic rings. The standard InChI is InChI=1S/C19H21N3O3/c1-13(23)11-20-19-21-15-6-2-3-7-16(15)22(19)12-14-5-4-8-17-18(14)25-10-9-24-17/h2-8,13,23H,9-12H2,1H3,(H,20,21). The maximum absolute atomic E-state index is 9.59. The predicted molar refractivity (Wildman–Crippen MR) is 96.4 cm³/mol. The maximum atomic E-state index is 9.59. The van der Waals surface area contributed by atoms with Gasteiger partial charge in [-0.25, -0.2) is 4.98 Å². The van der Waals surface area contributed by atoms with Gasteiger partial charge in [0.1, 0.15) is 13.2 Å². The summed E-state index contributed by atoms with van der Waals surface area (Å²) in [7, 11) is 0. The topological polar surface area (TPSA) is 68.5 Å². The van der Waals surface area contributed by atoms with Gasteiger partial charge in [-0.2, -0.15) is 0 Å². The van der Waals surface area contributed by atoms with Crippen molar-refractivity contribution in [2.24, 2.45) is 0 Å². The molecule has 0 bridgehead atoms. The number of hydrogen-bond acceptors (Lipinski definition) is 5. The van der Waals surface area contributed by atoms with Crippen molar-refractivity contribution in [3.63, 3.8) is 0 Å². The molecular formula is C19H21N3O3. The van der Waals surface area contributed by atoms with Gasteiger partial charge < -0.3 is 24.5 Å². The van der Waals surface area contributed by atoms with E-state index in [-0.39, 0.29) is 0 Å². The van der Waals surface area contributed by atoms with Gasteiger partial charge >= 0.3 is 0 Å². The average Bonchev–Trinajstić information content (AvgIpc) is 2.98. The Morgan fingerprint density at radius 3 is 2.88 bits per heavy atom. The molecule has 1 atom stereocenters. The predicted octanol–water partition coefficient (Wildman–Crippen LogP) is 2.65. The highest BCUT2D eigenvalue weighted by molar-refractivity contribution is 5.78. The Morgan fingerprint density at radius 2 is 2.00 bits per heavy atom. The third kappa shape index (κ3) is 3.13. The van der Waals surface area contributed by atoms with Gasteiger partial charge in [-0.15, -0.1) is 0 Å². The zero-order chi connectivity index (χ0) is 17.2. The van der Waals surface area contributed by atoms with E-state index in [4.69, 9.17) is 9.47 Å². The Morgan fingerprint density at radius 1 is 1.16 bits per heavy atom. The molecule has 6 nitrogen and oxygen atoms in total. The number of hydrogen-bond donors (Lipinski definition) is 2. The fourth-order valence-corrected chi connectivity index (χ4v) is 3.04. The molecule has 3 aromatic rings. The first kappa shape index (κ1) is 15.8. The highest BCUT2D eigenvalue weighted by Gasteiger charge is 2.18.